The highest BCUT2D eigenvalue weighted by atomic mass is 16.3. The fourth-order valence-corrected chi connectivity index (χ4v) is 1.39. The Kier molecular flexibility index (Phi) is 4.37. The molecule has 84 valence electrons. The lowest BCUT2D eigenvalue weighted by Crippen LogP contribution is -2.24. The van der Waals surface area contributed by atoms with E-state index < -0.39 is 0 Å². The molecular weight excluding hydrogens is 194 g/mol. The molecule has 0 aliphatic heterocycles. The van der Waals surface area contributed by atoms with Crippen LogP contribution in [0.25, 0.3) is 0 Å². The highest BCUT2D eigenvalue weighted by Crippen LogP contribution is 2.13. The first-order valence-corrected chi connectivity index (χ1v) is 5.11. The van der Waals surface area contributed by atoms with E-state index in [4.69, 9.17) is 9.52 Å². The number of furan rings is 1. The van der Waals surface area contributed by atoms with Crippen LogP contribution >= 0.6 is 0 Å². The van der Waals surface area contributed by atoms with Gasteiger partial charge in [-0.25, -0.2) is 0 Å². The molecule has 0 unspecified atom stereocenters. The largest absolute Gasteiger partial charge is 0.466 e. The molecule has 4 nitrogen and oxygen atoms in total. The summed E-state index contributed by atoms with van der Waals surface area (Å²) in [6.45, 7) is 4.34. The predicted molar refractivity (Wildman–Crippen MR) is 56.8 cm³/mol. The number of aliphatic hydroxyl groups excluding tert-OH is 1. The summed E-state index contributed by atoms with van der Waals surface area (Å²) in [6, 6.07) is 1.73. The molecule has 0 atom stereocenters. The van der Waals surface area contributed by atoms with Crippen LogP contribution in [0.4, 0.5) is 0 Å². The first-order valence-electron chi connectivity index (χ1n) is 5.11. The molecule has 0 saturated heterocycles. The fraction of sp³-hybridized carbons (Fsp3) is 0.545. The summed E-state index contributed by atoms with van der Waals surface area (Å²) < 4.78 is 5.26. The minimum atomic E-state index is -0.109. The van der Waals surface area contributed by atoms with Gasteiger partial charge in [-0.1, -0.05) is 0 Å². The van der Waals surface area contributed by atoms with Gasteiger partial charge in [0.15, 0.2) is 0 Å². The van der Waals surface area contributed by atoms with Crippen LogP contribution in [-0.2, 0) is 0 Å². The summed E-state index contributed by atoms with van der Waals surface area (Å²) in [5.41, 5.74) is 0.594. The molecule has 0 aromatic carbocycles. The van der Waals surface area contributed by atoms with Gasteiger partial charge < -0.3 is 14.8 Å². The zero-order valence-electron chi connectivity index (χ0n) is 9.17. The van der Waals surface area contributed by atoms with Gasteiger partial charge in [0.05, 0.1) is 5.56 Å². The van der Waals surface area contributed by atoms with Crippen LogP contribution in [0.3, 0.4) is 0 Å². The van der Waals surface area contributed by atoms with E-state index >= 15 is 0 Å². The number of rotatable bonds is 5. The number of carbonyl (C=O) groups is 1. The average Bonchev–Trinajstić information content (AvgIpc) is 2.52. The first kappa shape index (κ1) is 11.8. The molecule has 0 radical (unpaired) electrons. The van der Waals surface area contributed by atoms with Gasteiger partial charge in [0.1, 0.15) is 11.5 Å². The Morgan fingerprint density at radius 3 is 2.73 bits per heavy atom. The van der Waals surface area contributed by atoms with Crippen molar-refractivity contribution in [2.45, 2.75) is 26.7 Å². The molecule has 1 heterocycles. The van der Waals surface area contributed by atoms with Gasteiger partial charge in [-0.2, -0.15) is 0 Å². The Morgan fingerprint density at radius 1 is 1.47 bits per heavy atom. The normalized spacial score (nSPS) is 10.3. The zero-order valence-corrected chi connectivity index (χ0v) is 9.17. The van der Waals surface area contributed by atoms with Crippen LogP contribution in [0.1, 0.15) is 34.7 Å². The number of amides is 1. The molecule has 1 amide bonds. The number of hydrogen-bond acceptors (Lipinski definition) is 3. The Morgan fingerprint density at radius 2 is 2.20 bits per heavy atom. The Bertz CT molecular complexity index is 331. The summed E-state index contributed by atoms with van der Waals surface area (Å²) in [6.07, 6.45) is 1.50. The third-order valence-electron chi connectivity index (χ3n) is 2.16. The fourth-order valence-electron chi connectivity index (χ4n) is 1.39. The van der Waals surface area contributed by atoms with E-state index in [1.807, 2.05) is 6.92 Å². The predicted octanol–water partition coefficient (Wildman–Crippen LogP) is 1.40. The summed E-state index contributed by atoms with van der Waals surface area (Å²) in [5, 5.41) is 11.3. The SMILES string of the molecule is Cc1cc(C(=O)NCCCCO)c(C)o1. The van der Waals surface area contributed by atoms with Gasteiger partial charge in [-0.05, 0) is 32.8 Å². The molecule has 0 bridgehead atoms. The molecular formula is C11H17NO3. The van der Waals surface area contributed by atoms with Crippen molar-refractivity contribution >= 4 is 5.91 Å². The summed E-state index contributed by atoms with van der Waals surface area (Å²) in [4.78, 5) is 11.6. The van der Waals surface area contributed by atoms with Crippen LogP contribution in [0, 0.1) is 13.8 Å². The average molecular weight is 211 g/mol. The lowest BCUT2D eigenvalue weighted by Gasteiger charge is -2.02. The van der Waals surface area contributed by atoms with Crippen molar-refractivity contribution in [3.63, 3.8) is 0 Å². The van der Waals surface area contributed by atoms with E-state index in [0.717, 1.165) is 12.2 Å². The maximum absolute atomic E-state index is 11.6. The summed E-state index contributed by atoms with van der Waals surface area (Å²) in [5.74, 6) is 1.28. The molecule has 1 aromatic rings. The molecule has 2 N–H and O–H groups in total. The number of carbonyl (C=O) groups excluding carboxylic acids is 1. The second-order valence-corrected chi connectivity index (χ2v) is 3.51. The van der Waals surface area contributed by atoms with Crippen molar-refractivity contribution in [3.8, 4) is 0 Å². The molecule has 15 heavy (non-hydrogen) atoms. The van der Waals surface area contributed by atoms with Gasteiger partial charge in [-0.15, -0.1) is 0 Å². The number of hydrogen-bond donors (Lipinski definition) is 2. The van der Waals surface area contributed by atoms with Crippen molar-refractivity contribution in [2.75, 3.05) is 13.2 Å². The van der Waals surface area contributed by atoms with Gasteiger partial charge >= 0.3 is 0 Å². The van der Waals surface area contributed by atoms with Crippen molar-refractivity contribution < 1.29 is 14.3 Å². The lowest BCUT2D eigenvalue weighted by atomic mass is 10.2. The second-order valence-electron chi connectivity index (χ2n) is 3.51. The number of aliphatic hydroxyl groups is 1. The van der Waals surface area contributed by atoms with Crippen molar-refractivity contribution in [1.29, 1.82) is 0 Å². The summed E-state index contributed by atoms with van der Waals surface area (Å²) >= 11 is 0. The maximum atomic E-state index is 11.6. The van der Waals surface area contributed by atoms with Crippen molar-refractivity contribution in [2.24, 2.45) is 0 Å². The number of nitrogens with one attached hydrogen (secondary N) is 1. The zero-order chi connectivity index (χ0) is 11.3. The molecule has 0 saturated carbocycles. The van der Waals surface area contributed by atoms with Crippen LogP contribution in [0.5, 0.6) is 0 Å². The highest BCUT2D eigenvalue weighted by molar-refractivity contribution is 5.95. The first-order chi connectivity index (χ1) is 7.15. The van der Waals surface area contributed by atoms with Gasteiger partial charge in [0, 0.05) is 13.2 Å². The molecule has 0 fully saturated rings. The van der Waals surface area contributed by atoms with E-state index in [1.54, 1.807) is 13.0 Å². The molecule has 1 rings (SSSR count). The molecule has 4 heteroatoms. The Hall–Kier alpha value is -1.29. The lowest BCUT2D eigenvalue weighted by molar-refractivity contribution is 0.0950. The van der Waals surface area contributed by atoms with Crippen LogP contribution in [0.15, 0.2) is 10.5 Å². The van der Waals surface area contributed by atoms with E-state index in [9.17, 15) is 4.79 Å². The van der Waals surface area contributed by atoms with Crippen molar-refractivity contribution in [3.05, 3.63) is 23.2 Å². The van der Waals surface area contributed by atoms with Crippen LogP contribution < -0.4 is 5.32 Å². The standard InChI is InChI=1S/C11H17NO3/c1-8-7-10(9(2)15-8)11(14)12-5-3-4-6-13/h7,13H,3-6H2,1-2H3,(H,12,14). The van der Waals surface area contributed by atoms with Gasteiger partial charge in [-0.3, -0.25) is 4.79 Å². The highest BCUT2D eigenvalue weighted by Gasteiger charge is 2.12. The molecule has 0 aliphatic carbocycles. The second kappa shape index (κ2) is 5.56. The van der Waals surface area contributed by atoms with Crippen LogP contribution in [0.2, 0.25) is 0 Å². The molecule has 0 spiro atoms. The third-order valence-corrected chi connectivity index (χ3v) is 2.16. The minimum absolute atomic E-state index is 0.109. The smallest absolute Gasteiger partial charge is 0.254 e. The van der Waals surface area contributed by atoms with Gasteiger partial charge in [0.25, 0.3) is 5.91 Å². The molecule has 1 aromatic heterocycles. The third kappa shape index (κ3) is 3.40. The van der Waals surface area contributed by atoms with E-state index in [1.165, 1.54) is 0 Å². The number of aryl methyl sites for hydroxylation is 2. The minimum Gasteiger partial charge on any atom is -0.466 e. The maximum Gasteiger partial charge on any atom is 0.254 e. The van der Waals surface area contributed by atoms with Gasteiger partial charge in [0.2, 0.25) is 0 Å². The molecule has 0 aliphatic rings. The van der Waals surface area contributed by atoms with Crippen molar-refractivity contribution in [1.82, 2.24) is 5.32 Å². The van der Waals surface area contributed by atoms with E-state index in [-0.39, 0.29) is 12.5 Å². The summed E-state index contributed by atoms with van der Waals surface area (Å²) in [7, 11) is 0. The quantitative estimate of drug-likeness (QED) is 0.724. The Labute approximate surface area is 89.3 Å². The Balaban J connectivity index is 2.43. The van der Waals surface area contributed by atoms with Crippen LogP contribution in [-0.4, -0.2) is 24.2 Å². The number of unbranched alkanes of at least 4 members (excludes halogenated alkanes) is 1. The topological polar surface area (TPSA) is 62.5 Å². The van der Waals surface area contributed by atoms with E-state index in [0.29, 0.717) is 24.3 Å². The monoisotopic (exact) mass is 211 g/mol. The van der Waals surface area contributed by atoms with E-state index in [2.05, 4.69) is 5.32 Å².